The molecular formula is C27H22ClNO7. The molecule has 1 aliphatic rings. The van der Waals surface area contributed by atoms with E-state index in [9.17, 15) is 19.5 Å². The number of aliphatic carboxylic acids is 1. The number of aliphatic hydroxyl groups is 1. The minimum atomic E-state index is -0.989. The molecule has 0 aromatic heterocycles. The number of carboxylic acids is 1. The summed E-state index contributed by atoms with van der Waals surface area (Å²) in [6.45, 7) is 0. The van der Waals surface area contributed by atoms with Crippen LogP contribution in [0.1, 0.15) is 22.7 Å². The molecule has 4 rings (SSSR count). The molecule has 1 fully saturated rings. The van der Waals surface area contributed by atoms with Gasteiger partial charge in [-0.25, -0.2) is 0 Å². The zero-order valence-corrected chi connectivity index (χ0v) is 20.2. The molecule has 1 saturated heterocycles. The Morgan fingerprint density at radius 1 is 0.944 bits per heavy atom. The number of anilines is 1. The van der Waals surface area contributed by atoms with Gasteiger partial charge in [-0.2, -0.15) is 0 Å². The summed E-state index contributed by atoms with van der Waals surface area (Å²) in [5, 5.41) is 20.7. The summed E-state index contributed by atoms with van der Waals surface area (Å²) < 4.78 is 10.6. The summed E-state index contributed by atoms with van der Waals surface area (Å²) in [6, 6.07) is 16.7. The lowest BCUT2D eigenvalue weighted by molar-refractivity contribution is -0.136. The number of carbonyl (C=O) groups excluding carboxylic acids is 2. The molecule has 0 spiro atoms. The highest BCUT2D eigenvalue weighted by molar-refractivity contribution is 6.51. The summed E-state index contributed by atoms with van der Waals surface area (Å²) in [5.41, 5.74) is 1.47. The molecule has 0 radical (unpaired) electrons. The number of aliphatic hydroxyl groups excluding tert-OH is 1. The van der Waals surface area contributed by atoms with Gasteiger partial charge in [0.1, 0.15) is 17.3 Å². The predicted molar refractivity (Wildman–Crippen MR) is 134 cm³/mol. The Labute approximate surface area is 211 Å². The number of methoxy groups -OCH3 is 2. The number of ketones is 1. The van der Waals surface area contributed by atoms with Crippen LogP contribution in [0.15, 0.2) is 72.3 Å². The van der Waals surface area contributed by atoms with Crippen molar-refractivity contribution >= 4 is 40.7 Å². The van der Waals surface area contributed by atoms with Gasteiger partial charge in [0.25, 0.3) is 11.7 Å². The first-order valence-electron chi connectivity index (χ1n) is 10.8. The molecule has 3 aromatic carbocycles. The van der Waals surface area contributed by atoms with Crippen LogP contribution < -0.4 is 14.4 Å². The normalized spacial score (nSPS) is 16.8. The fourth-order valence-electron chi connectivity index (χ4n) is 4.16. The maximum atomic E-state index is 13.3. The van der Waals surface area contributed by atoms with Gasteiger partial charge in [-0.15, -0.1) is 0 Å². The number of carbonyl (C=O) groups is 3. The fourth-order valence-corrected chi connectivity index (χ4v) is 4.33. The standard InChI is InChI=1S/C27H22ClNO7/c1-35-19-10-5-16(6-11-19)24-23(25(32)20-14-17(28)7-12-21(20)36-2)26(33)27(34)29(24)18-8-3-15(4-9-18)13-22(30)31/h3-12,14,24,32H,13H2,1-2H3,(H,30,31)/b25-23+. The van der Waals surface area contributed by atoms with Crippen LogP contribution in [0.4, 0.5) is 5.69 Å². The van der Waals surface area contributed by atoms with Gasteiger partial charge in [0.15, 0.2) is 0 Å². The van der Waals surface area contributed by atoms with Crippen molar-refractivity contribution in [3.63, 3.8) is 0 Å². The molecule has 1 heterocycles. The lowest BCUT2D eigenvalue weighted by Gasteiger charge is -2.26. The Morgan fingerprint density at radius 3 is 2.19 bits per heavy atom. The van der Waals surface area contributed by atoms with Crippen molar-refractivity contribution in [1.29, 1.82) is 0 Å². The highest BCUT2D eigenvalue weighted by Gasteiger charge is 2.47. The van der Waals surface area contributed by atoms with Crippen LogP contribution in [0.2, 0.25) is 5.02 Å². The van der Waals surface area contributed by atoms with E-state index in [2.05, 4.69) is 0 Å². The van der Waals surface area contributed by atoms with Crippen molar-refractivity contribution < 1.29 is 34.1 Å². The molecule has 36 heavy (non-hydrogen) atoms. The molecule has 9 heteroatoms. The summed E-state index contributed by atoms with van der Waals surface area (Å²) in [5.74, 6) is -2.30. The van der Waals surface area contributed by atoms with Gasteiger partial charge >= 0.3 is 5.97 Å². The van der Waals surface area contributed by atoms with E-state index in [0.29, 0.717) is 27.6 Å². The molecule has 1 unspecified atom stereocenters. The summed E-state index contributed by atoms with van der Waals surface area (Å²) in [6.07, 6.45) is -0.185. The molecule has 2 N–H and O–H groups in total. The van der Waals surface area contributed by atoms with Crippen molar-refractivity contribution in [1.82, 2.24) is 0 Å². The van der Waals surface area contributed by atoms with E-state index in [0.717, 1.165) is 0 Å². The van der Waals surface area contributed by atoms with Crippen molar-refractivity contribution in [2.24, 2.45) is 0 Å². The molecule has 1 atom stereocenters. The van der Waals surface area contributed by atoms with Crippen molar-refractivity contribution in [3.8, 4) is 11.5 Å². The molecule has 8 nitrogen and oxygen atoms in total. The van der Waals surface area contributed by atoms with Crippen molar-refractivity contribution in [3.05, 3.63) is 94.0 Å². The minimum absolute atomic E-state index is 0.139. The third-order valence-corrected chi connectivity index (χ3v) is 6.10. The molecule has 0 saturated carbocycles. The van der Waals surface area contributed by atoms with Crippen LogP contribution in [0.3, 0.4) is 0 Å². The lowest BCUT2D eigenvalue weighted by Crippen LogP contribution is -2.29. The second-order valence-electron chi connectivity index (χ2n) is 8.02. The van der Waals surface area contributed by atoms with E-state index in [4.69, 9.17) is 26.2 Å². The van der Waals surface area contributed by atoms with Crippen LogP contribution in [-0.4, -0.2) is 42.1 Å². The first kappa shape index (κ1) is 24.8. The second-order valence-corrected chi connectivity index (χ2v) is 8.46. The van der Waals surface area contributed by atoms with Gasteiger partial charge in [0.2, 0.25) is 0 Å². The van der Waals surface area contributed by atoms with E-state index >= 15 is 0 Å². The third-order valence-electron chi connectivity index (χ3n) is 5.86. The van der Waals surface area contributed by atoms with Gasteiger partial charge < -0.3 is 19.7 Å². The Bertz CT molecular complexity index is 1360. The summed E-state index contributed by atoms with van der Waals surface area (Å²) >= 11 is 6.14. The SMILES string of the molecule is COc1ccc(C2/C(=C(\O)c3cc(Cl)ccc3OC)C(=O)C(=O)N2c2ccc(CC(=O)O)cc2)cc1. The number of halogens is 1. The molecular weight excluding hydrogens is 486 g/mol. The summed E-state index contributed by atoms with van der Waals surface area (Å²) in [7, 11) is 2.93. The zero-order chi connectivity index (χ0) is 26.0. The Balaban J connectivity index is 1.91. The monoisotopic (exact) mass is 507 g/mol. The van der Waals surface area contributed by atoms with Crippen LogP contribution in [0.5, 0.6) is 11.5 Å². The third kappa shape index (κ3) is 4.63. The molecule has 0 bridgehead atoms. The second kappa shape index (κ2) is 10.1. The largest absolute Gasteiger partial charge is 0.507 e. The van der Waals surface area contributed by atoms with E-state index in [1.807, 2.05) is 0 Å². The maximum Gasteiger partial charge on any atom is 0.307 e. The highest BCUT2D eigenvalue weighted by atomic mass is 35.5. The van der Waals surface area contributed by atoms with Gasteiger partial charge in [-0.3, -0.25) is 19.3 Å². The number of benzene rings is 3. The predicted octanol–water partition coefficient (Wildman–Crippen LogP) is 4.61. The number of Topliss-reactive ketones (excluding diaryl/α,β-unsaturated/α-hetero) is 1. The Kier molecular flexibility index (Phi) is 6.98. The molecule has 184 valence electrons. The summed E-state index contributed by atoms with van der Waals surface area (Å²) in [4.78, 5) is 38.9. The van der Waals surface area contributed by atoms with Gasteiger partial charge in [0, 0.05) is 10.7 Å². The lowest BCUT2D eigenvalue weighted by atomic mass is 9.94. The minimum Gasteiger partial charge on any atom is -0.507 e. The van der Waals surface area contributed by atoms with E-state index < -0.39 is 29.5 Å². The average molecular weight is 508 g/mol. The van der Waals surface area contributed by atoms with Crippen LogP contribution >= 0.6 is 11.6 Å². The van der Waals surface area contributed by atoms with Crippen LogP contribution in [0.25, 0.3) is 5.76 Å². The van der Waals surface area contributed by atoms with E-state index in [-0.39, 0.29) is 23.3 Å². The first-order valence-corrected chi connectivity index (χ1v) is 11.2. The van der Waals surface area contributed by atoms with Crippen LogP contribution in [0, 0.1) is 0 Å². The van der Waals surface area contributed by atoms with Gasteiger partial charge in [-0.05, 0) is 53.6 Å². The van der Waals surface area contributed by atoms with Crippen molar-refractivity contribution in [2.45, 2.75) is 12.5 Å². The quantitative estimate of drug-likeness (QED) is 0.273. The average Bonchev–Trinajstić information content (AvgIpc) is 3.14. The number of ether oxygens (including phenoxy) is 2. The van der Waals surface area contributed by atoms with Crippen molar-refractivity contribution in [2.75, 3.05) is 19.1 Å². The highest BCUT2D eigenvalue weighted by Crippen LogP contribution is 2.44. The number of nitrogens with zero attached hydrogens (tertiary/aromatic N) is 1. The van der Waals surface area contributed by atoms with Crippen LogP contribution in [-0.2, 0) is 20.8 Å². The first-order chi connectivity index (χ1) is 17.2. The fraction of sp³-hybridized carbons (Fsp3) is 0.148. The zero-order valence-electron chi connectivity index (χ0n) is 19.4. The molecule has 0 aliphatic carbocycles. The van der Waals surface area contributed by atoms with E-state index in [1.54, 1.807) is 60.7 Å². The number of hydrogen-bond donors (Lipinski definition) is 2. The topological polar surface area (TPSA) is 113 Å². The van der Waals surface area contributed by atoms with Gasteiger partial charge in [-0.1, -0.05) is 35.9 Å². The Hall–Kier alpha value is -4.30. The molecule has 1 aliphatic heterocycles. The number of rotatable bonds is 7. The number of hydrogen-bond acceptors (Lipinski definition) is 6. The number of carboxylic acid groups (broad SMARTS) is 1. The smallest absolute Gasteiger partial charge is 0.307 e. The Morgan fingerprint density at radius 2 is 1.61 bits per heavy atom. The molecule has 1 amide bonds. The van der Waals surface area contributed by atoms with E-state index in [1.165, 1.54) is 25.2 Å². The van der Waals surface area contributed by atoms with Gasteiger partial charge in [0.05, 0.1) is 37.8 Å². The maximum absolute atomic E-state index is 13.3. The molecule has 3 aromatic rings. The number of amides is 1.